The zero-order valence-corrected chi connectivity index (χ0v) is 19.5. The lowest BCUT2D eigenvalue weighted by Gasteiger charge is -2.21. The zero-order valence-electron chi connectivity index (χ0n) is 19.5. The van der Waals surface area contributed by atoms with Gasteiger partial charge in [0.25, 0.3) is 5.91 Å². The third-order valence-corrected chi connectivity index (χ3v) is 5.14. The number of carbonyl (C=O) groups is 3. The first kappa shape index (κ1) is 25.1. The molecule has 0 fully saturated rings. The van der Waals surface area contributed by atoms with E-state index in [0.717, 1.165) is 17.7 Å². The molecule has 0 atom stereocenters. The number of hydrogen-bond donors (Lipinski definition) is 2. The first-order chi connectivity index (χ1) is 15.4. The Morgan fingerprint density at radius 2 is 1.50 bits per heavy atom. The van der Waals surface area contributed by atoms with Crippen LogP contribution in [-0.4, -0.2) is 60.2 Å². The minimum Gasteiger partial charge on any atom is -0.339 e. The first-order valence-corrected chi connectivity index (χ1v) is 11.1. The maximum atomic E-state index is 12.6. The number of nitrogens with one attached hydrogen (secondary N) is 2. The quantitative estimate of drug-likeness (QED) is 0.560. The molecule has 32 heavy (non-hydrogen) atoms. The first-order valence-electron chi connectivity index (χ1n) is 11.1. The van der Waals surface area contributed by atoms with Crippen LogP contribution in [0.5, 0.6) is 0 Å². The number of carbonyl (C=O) groups excluding carboxylic acids is 3. The topological polar surface area (TPSA) is 81.8 Å². The zero-order chi connectivity index (χ0) is 23.5. The number of nitrogens with zero attached hydrogens (tertiary/aromatic N) is 2. The van der Waals surface area contributed by atoms with Crippen LogP contribution in [0.2, 0.25) is 0 Å². The van der Waals surface area contributed by atoms with Gasteiger partial charge in [-0.25, -0.2) is 0 Å². The molecular formula is C25H34N4O3. The molecule has 0 aromatic heterocycles. The van der Waals surface area contributed by atoms with E-state index < -0.39 is 0 Å². The number of benzene rings is 2. The summed E-state index contributed by atoms with van der Waals surface area (Å²) in [5, 5.41) is 5.76. The SMILES string of the molecule is CCCN(CC(=O)Nc1cccc(C(=O)N(CC)CC)c1)CC(=O)Nc1ccccc1C. The van der Waals surface area contributed by atoms with Crippen LogP contribution >= 0.6 is 0 Å². The number of aryl methyl sites for hydroxylation is 1. The minimum absolute atomic E-state index is 0.0633. The second-order valence-electron chi connectivity index (χ2n) is 7.68. The van der Waals surface area contributed by atoms with E-state index in [-0.39, 0.29) is 30.8 Å². The fourth-order valence-corrected chi connectivity index (χ4v) is 3.46. The summed E-state index contributed by atoms with van der Waals surface area (Å²) in [6.45, 7) is 9.90. The number of amides is 3. The van der Waals surface area contributed by atoms with Gasteiger partial charge in [-0.3, -0.25) is 19.3 Å². The summed E-state index contributed by atoms with van der Waals surface area (Å²) in [6.07, 6.45) is 0.818. The van der Waals surface area contributed by atoms with Crippen molar-refractivity contribution in [3.8, 4) is 0 Å². The van der Waals surface area contributed by atoms with Crippen molar-refractivity contribution in [3.63, 3.8) is 0 Å². The van der Waals surface area contributed by atoms with E-state index in [2.05, 4.69) is 10.6 Å². The lowest BCUT2D eigenvalue weighted by Crippen LogP contribution is -2.39. The highest BCUT2D eigenvalue weighted by Crippen LogP contribution is 2.14. The molecule has 3 amide bonds. The van der Waals surface area contributed by atoms with Crippen LogP contribution < -0.4 is 10.6 Å². The molecule has 2 N–H and O–H groups in total. The largest absolute Gasteiger partial charge is 0.339 e. The fourth-order valence-electron chi connectivity index (χ4n) is 3.46. The number of anilines is 2. The Balaban J connectivity index is 1.98. The van der Waals surface area contributed by atoms with Crippen molar-refractivity contribution in [1.82, 2.24) is 9.80 Å². The maximum Gasteiger partial charge on any atom is 0.253 e. The fraction of sp³-hybridized carbons (Fsp3) is 0.400. The molecule has 172 valence electrons. The molecule has 0 heterocycles. The molecule has 2 rings (SSSR count). The standard InChI is InChI=1S/C25H34N4O3/c1-5-15-28(18-24(31)27-22-14-9-8-11-19(22)4)17-23(30)26-21-13-10-12-20(16-21)25(32)29(6-2)7-3/h8-14,16H,5-7,15,17-18H2,1-4H3,(H,26,30)(H,27,31). The van der Waals surface area contributed by atoms with Crippen LogP contribution in [0.3, 0.4) is 0 Å². The van der Waals surface area contributed by atoms with Gasteiger partial charge < -0.3 is 15.5 Å². The Morgan fingerprint density at radius 1 is 0.844 bits per heavy atom. The number of rotatable bonds is 11. The van der Waals surface area contributed by atoms with Crippen molar-refractivity contribution in [2.75, 3.05) is 43.4 Å². The molecule has 2 aromatic carbocycles. The van der Waals surface area contributed by atoms with Gasteiger partial charge in [-0.15, -0.1) is 0 Å². The summed E-state index contributed by atoms with van der Waals surface area (Å²) < 4.78 is 0. The molecule has 7 heteroatoms. The molecule has 0 unspecified atom stereocenters. The molecule has 2 aromatic rings. The van der Waals surface area contributed by atoms with Gasteiger partial charge in [-0.05, 0) is 63.6 Å². The van der Waals surface area contributed by atoms with Gasteiger partial charge in [0.15, 0.2) is 0 Å². The summed E-state index contributed by atoms with van der Waals surface area (Å²) in [5.41, 5.74) is 2.86. The average molecular weight is 439 g/mol. The highest BCUT2D eigenvalue weighted by Gasteiger charge is 2.16. The molecular weight excluding hydrogens is 404 g/mol. The monoisotopic (exact) mass is 438 g/mol. The van der Waals surface area contributed by atoms with Crippen molar-refractivity contribution in [1.29, 1.82) is 0 Å². The predicted molar refractivity (Wildman–Crippen MR) is 129 cm³/mol. The van der Waals surface area contributed by atoms with E-state index >= 15 is 0 Å². The van der Waals surface area contributed by atoms with E-state index in [1.165, 1.54) is 0 Å². The molecule has 0 bridgehead atoms. The van der Waals surface area contributed by atoms with Gasteiger partial charge in [0, 0.05) is 30.0 Å². The second kappa shape index (κ2) is 12.6. The van der Waals surface area contributed by atoms with Gasteiger partial charge in [-0.2, -0.15) is 0 Å². The summed E-state index contributed by atoms with van der Waals surface area (Å²) >= 11 is 0. The third-order valence-electron chi connectivity index (χ3n) is 5.14. The van der Waals surface area contributed by atoms with E-state index in [1.807, 2.05) is 56.9 Å². The van der Waals surface area contributed by atoms with Crippen LogP contribution in [0.1, 0.15) is 43.1 Å². The lowest BCUT2D eigenvalue weighted by atomic mass is 10.1. The Hall–Kier alpha value is -3.19. The van der Waals surface area contributed by atoms with Gasteiger partial charge in [-0.1, -0.05) is 31.2 Å². The molecule has 0 aliphatic heterocycles. The van der Waals surface area contributed by atoms with E-state index in [9.17, 15) is 14.4 Å². The van der Waals surface area contributed by atoms with Gasteiger partial charge in [0.1, 0.15) is 0 Å². The van der Waals surface area contributed by atoms with Crippen LogP contribution in [0.25, 0.3) is 0 Å². The second-order valence-corrected chi connectivity index (χ2v) is 7.68. The molecule has 0 aliphatic carbocycles. The van der Waals surface area contributed by atoms with Crippen molar-refractivity contribution in [2.24, 2.45) is 0 Å². The van der Waals surface area contributed by atoms with Crippen LogP contribution in [0.15, 0.2) is 48.5 Å². The summed E-state index contributed by atoms with van der Waals surface area (Å²) in [4.78, 5) is 41.3. The smallest absolute Gasteiger partial charge is 0.253 e. The molecule has 7 nitrogen and oxygen atoms in total. The van der Waals surface area contributed by atoms with E-state index in [4.69, 9.17) is 0 Å². The lowest BCUT2D eigenvalue weighted by molar-refractivity contribution is -0.120. The molecule has 0 spiro atoms. The minimum atomic E-state index is -0.227. The summed E-state index contributed by atoms with van der Waals surface area (Å²) in [7, 11) is 0. The van der Waals surface area contributed by atoms with Crippen molar-refractivity contribution < 1.29 is 14.4 Å². The van der Waals surface area contributed by atoms with Crippen LogP contribution in [0, 0.1) is 6.92 Å². The molecule has 0 radical (unpaired) electrons. The van der Waals surface area contributed by atoms with Crippen molar-refractivity contribution >= 4 is 29.1 Å². The molecule has 0 saturated carbocycles. The van der Waals surface area contributed by atoms with Crippen LogP contribution in [0.4, 0.5) is 11.4 Å². The Bertz CT molecular complexity index is 925. The highest BCUT2D eigenvalue weighted by molar-refractivity contribution is 5.98. The summed E-state index contributed by atoms with van der Waals surface area (Å²) in [5.74, 6) is -0.450. The van der Waals surface area contributed by atoms with Gasteiger partial charge in [0.05, 0.1) is 13.1 Å². The molecule has 0 saturated heterocycles. The predicted octanol–water partition coefficient (Wildman–Crippen LogP) is 3.77. The van der Waals surface area contributed by atoms with Gasteiger partial charge >= 0.3 is 0 Å². The molecule has 0 aliphatic rings. The highest BCUT2D eigenvalue weighted by atomic mass is 16.2. The van der Waals surface area contributed by atoms with Gasteiger partial charge in [0.2, 0.25) is 11.8 Å². The normalized spacial score (nSPS) is 10.7. The Kier molecular flexibility index (Phi) is 9.88. The maximum absolute atomic E-state index is 12.6. The van der Waals surface area contributed by atoms with E-state index in [1.54, 1.807) is 29.2 Å². The summed E-state index contributed by atoms with van der Waals surface area (Å²) in [6, 6.07) is 14.5. The van der Waals surface area contributed by atoms with Crippen molar-refractivity contribution in [2.45, 2.75) is 34.1 Å². The number of para-hydroxylation sites is 1. The Labute approximate surface area is 190 Å². The van der Waals surface area contributed by atoms with Crippen LogP contribution in [-0.2, 0) is 9.59 Å². The third kappa shape index (κ3) is 7.50. The number of hydrogen-bond acceptors (Lipinski definition) is 4. The van der Waals surface area contributed by atoms with E-state index in [0.29, 0.717) is 30.9 Å². The average Bonchev–Trinajstić information content (AvgIpc) is 2.76. The van der Waals surface area contributed by atoms with Crippen molar-refractivity contribution in [3.05, 3.63) is 59.7 Å². The Morgan fingerprint density at radius 3 is 2.12 bits per heavy atom.